The second-order valence-electron chi connectivity index (χ2n) is 4.96. The molecule has 0 amide bonds. The average molecular weight is 323 g/mol. The van der Waals surface area contributed by atoms with E-state index in [0.717, 1.165) is 11.1 Å². The summed E-state index contributed by atoms with van der Waals surface area (Å²) in [6.45, 7) is 0.692. The van der Waals surface area contributed by atoms with Gasteiger partial charge in [-0.05, 0) is 28.8 Å². The van der Waals surface area contributed by atoms with Crippen molar-refractivity contribution in [2.24, 2.45) is 0 Å². The SMILES string of the molecule is COCc1cccc(CNS(=O)(=O)Cc2ccc(F)cc2)c1. The Bertz CT molecular complexity index is 714. The van der Waals surface area contributed by atoms with Gasteiger partial charge < -0.3 is 4.74 Å². The number of benzene rings is 2. The molecule has 2 aromatic carbocycles. The normalized spacial score (nSPS) is 11.5. The summed E-state index contributed by atoms with van der Waals surface area (Å²) in [4.78, 5) is 0. The van der Waals surface area contributed by atoms with E-state index in [2.05, 4.69) is 4.72 Å². The minimum absolute atomic E-state index is 0.176. The van der Waals surface area contributed by atoms with Crippen LogP contribution in [0.5, 0.6) is 0 Å². The third kappa shape index (κ3) is 5.22. The molecule has 0 spiro atoms. The lowest BCUT2D eigenvalue weighted by molar-refractivity contribution is 0.185. The highest BCUT2D eigenvalue weighted by atomic mass is 32.2. The maximum absolute atomic E-state index is 12.8. The number of sulfonamides is 1. The van der Waals surface area contributed by atoms with Crippen molar-refractivity contribution in [2.75, 3.05) is 7.11 Å². The van der Waals surface area contributed by atoms with Gasteiger partial charge in [-0.1, -0.05) is 36.4 Å². The van der Waals surface area contributed by atoms with E-state index in [1.807, 2.05) is 24.3 Å². The number of nitrogens with one attached hydrogen (secondary N) is 1. The summed E-state index contributed by atoms with van der Waals surface area (Å²) in [5, 5.41) is 0. The maximum atomic E-state index is 12.8. The van der Waals surface area contributed by atoms with Crippen LogP contribution in [0.25, 0.3) is 0 Å². The van der Waals surface area contributed by atoms with Crippen molar-refractivity contribution < 1.29 is 17.5 Å². The predicted molar refractivity (Wildman–Crippen MR) is 83.0 cm³/mol. The summed E-state index contributed by atoms with van der Waals surface area (Å²) in [6, 6.07) is 12.9. The van der Waals surface area contributed by atoms with Gasteiger partial charge in [-0.3, -0.25) is 0 Å². The molecule has 0 aliphatic rings. The fraction of sp³-hybridized carbons (Fsp3) is 0.250. The Hall–Kier alpha value is -1.76. The van der Waals surface area contributed by atoms with Crippen LogP contribution < -0.4 is 4.72 Å². The van der Waals surface area contributed by atoms with Gasteiger partial charge in [0.05, 0.1) is 12.4 Å². The first-order valence-corrected chi connectivity index (χ1v) is 8.42. The number of rotatable bonds is 7. The molecule has 0 saturated carbocycles. The van der Waals surface area contributed by atoms with Crippen LogP contribution in [0.4, 0.5) is 4.39 Å². The van der Waals surface area contributed by atoms with Crippen LogP contribution in [-0.2, 0) is 33.7 Å². The predicted octanol–water partition coefficient (Wildman–Crippen LogP) is 2.59. The van der Waals surface area contributed by atoms with E-state index in [-0.39, 0.29) is 18.1 Å². The monoisotopic (exact) mass is 323 g/mol. The number of hydrogen-bond acceptors (Lipinski definition) is 3. The summed E-state index contributed by atoms with van der Waals surface area (Å²) in [5.41, 5.74) is 2.39. The molecular formula is C16H18FNO3S. The van der Waals surface area contributed by atoms with E-state index >= 15 is 0 Å². The van der Waals surface area contributed by atoms with Crippen LogP contribution in [0.1, 0.15) is 16.7 Å². The van der Waals surface area contributed by atoms with Crippen molar-refractivity contribution in [3.8, 4) is 0 Å². The van der Waals surface area contributed by atoms with E-state index in [0.29, 0.717) is 12.2 Å². The summed E-state index contributed by atoms with van der Waals surface area (Å²) in [6.07, 6.45) is 0. The highest BCUT2D eigenvalue weighted by Gasteiger charge is 2.11. The molecule has 2 aromatic rings. The number of ether oxygens (including phenoxy) is 1. The Morgan fingerprint density at radius 1 is 1.05 bits per heavy atom. The van der Waals surface area contributed by atoms with Crippen molar-refractivity contribution in [1.29, 1.82) is 0 Å². The first-order valence-electron chi connectivity index (χ1n) is 6.77. The largest absolute Gasteiger partial charge is 0.380 e. The van der Waals surface area contributed by atoms with Crippen molar-refractivity contribution >= 4 is 10.0 Å². The third-order valence-electron chi connectivity index (χ3n) is 3.07. The van der Waals surface area contributed by atoms with Crippen molar-refractivity contribution in [3.05, 3.63) is 71.0 Å². The second kappa shape index (κ2) is 7.49. The lowest BCUT2D eigenvalue weighted by atomic mass is 10.1. The van der Waals surface area contributed by atoms with Crippen LogP contribution in [-0.4, -0.2) is 15.5 Å². The number of hydrogen-bond donors (Lipinski definition) is 1. The molecule has 4 nitrogen and oxygen atoms in total. The zero-order valence-electron chi connectivity index (χ0n) is 12.3. The molecule has 0 aromatic heterocycles. The van der Waals surface area contributed by atoms with Crippen LogP contribution in [0, 0.1) is 5.82 Å². The van der Waals surface area contributed by atoms with Crippen LogP contribution in [0.2, 0.25) is 0 Å². The van der Waals surface area contributed by atoms with Gasteiger partial charge in [0.1, 0.15) is 5.82 Å². The Balaban J connectivity index is 1.97. The zero-order chi connectivity index (χ0) is 16.0. The molecule has 0 aliphatic heterocycles. The Morgan fingerprint density at radius 3 is 2.41 bits per heavy atom. The number of halogens is 1. The highest BCUT2D eigenvalue weighted by Crippen LogP contribution is 2.09. The van der Waals surface area contributed by atoms with Crippen molar-refractivity contribution in [3.63, 3.8) is 0 Å². The highest BCUT2D eigenvalue weighted by molar-refractivity contribution is 7.88. The molecule has 6 heteroatoms. The van der Waals surface area contributed by atoms with Crippen LogP contribution >= 0.6 is 0 Å². The molecule has 0 bridgehead atoms. The smallest absolute Gasteiger partial charge is 0.216 e. The van der Waals surface area contributed by atoms with Crippen molar-refractivity contribution in [1.82, 2.24) is 4.72 Å². The number of methoxy groups -OCH3 is 1. The van der Waals surface area contributed by atoms with Gasteiger partial charge in [-0.2, -0.15) is 0 Å². The summed E-state index contributed by atoms with van der Waals surface area (Å²) < 4.78 is 44.5. The first kappa shape index (κ1) is 16.6. The molecule has 0 atom stereocenters. The summed E-state index contributed by atoms with van der Waals surface area (Å²) in [5.74, 6) is -0.561. The Kier molecular flexibility index (Phi) is 5.65. The molecule has 22 heavy (non-hydrogen) atoms. The molecule has 0 fully saturated rings. The molecule has 0 aliphatic carbocycles. The molecule has 0 unspecified atom stereocenters. The van der Waals surface area contributed by atoms with E-state index in [4.69, 9.17) is 4.74 Å². The lowest BCUT2D eigenvalue weighted by Crippen LogP contribution is -2.24. The van der Waals surface area contributed by atoms with E-state index < -0.39 is 10.0 Å². The topological polar surface area (TPSA) is 55.4 Å². The molecule has 0 saturated heterocycles. The average Bonchev–Trinajstić information content (AvgIpc) is 2.48. The van der Waals surface area contributed by atoms with Gasteiger partial charge in [0.2, 0.25) is 10.0 Å². The minimum atomic E-state index is -3.47. The van der Waals surface area contributed by atoms with Crippen LogP contribution in [0.15, 0.2) is 48.5 Å². The fourth-order valence-corrected chi connectivity index (χ4v) is 3.16. The quantitative estimate of drug-likeness (QED) is 0.852. The lowest BCUT2D eigenvalue weighted by Gasteiger charge is -2.08. The minimum Gasteiger partial charge on any atom is -0.380 e. The van der Waals surface area contributed by atoms with Crippen LogP contribution in [0.3, 0.4) is 0 Å². The Labute approximate surface area is 130 Å². The molecule has 0 radical (unpaired) electrons. The Morgan fingerprint density at radius 2 is 1.73 bits per heavy atom. The second-order valence-corrected chi connectivity index (χ2v) is 6.77. The van der Waals surface area contributed by atoms with E-state index in [9.17, 15) is 12.8 Å². The first-order chi connectivity index (χ1) is 10.5. The van der Waals surface area contributed by atoms with E-state index in [1.165, 1.54) is 24.3 Å². The van der Waals surface area contributed by atoms with Gasteiger partial charge >= 0.3 is 0 Å². The van der Waals surface area contributed by atoms with E-state index in [1.54, 1.807) is 7.11 Å². The summed E-state index contributed by atoms with van der Waals surface area (Å²) >= 11 is 0. The molecule has 118 valence electrons. The standard InChI is InChI=1S/C16H18FNO3S/c1-21-11-15-4-2-3-14(9-15)10-18-22(19,20)12-13-5-7-16(17)8-6-13/h2-9,18H,10-12H2,1H3. The molecule has 1 N–H and O–H groups in total. The summed E-state index contributed by atoms with van der Waals surface area (Å²) in [7, 11) is -1.87. The van der Waals surface area contributed by atoms with Gasteiger partial charge in [0.25, 0.3) is 0 Å². The zero-order valence-corrected chi connectivity index (χ0v) is 13.1. The van der Waals surface area contributed by atoms with Crippen molar-refractivity contribution in [2.45, 2.75) is 18.9 Å². The molecular weight excluding hydrogens is 305 g/mol. The van der Waals surface area contributed by atoms with Gasteiger partial charge in [0, 0.05) is 13.7 Å². The molecule has 0 heterocycles. The molecule has 2 rings (SSSR count). The fourth-order valence-electron chi connectivity index (χ4n) is 2.04. The van der Waals surface area contributed by atoms with Gasteiger partial charge in [0.15, 0.2) is 0 Å². The third-order valence-corrected chi connectivity index (χ3v) is 4.37. The maximum Gasteiger partial charge on any atom is 0.216 e. The van der Waals surface area contributed by atoms with Gasteiger partial charge in [-0.25, -0.2) is 17.5 Å². The van der Waals surface area contributed by atoms with Gasteiger partial charge in [-0.15, -0.1) is 0 Å².